The van der Waals surface area contributed by atoms with Gasteiger partial charge in [0.15, 0.2) is 5.75 Å². The number of esters is 1. The third-order valence-corrected chi connectivity index (χ3v) is 3.35. The second-order valence-corrected chi connectivity index (χ2v) is 4.81. The van der Waals surface area contributed by atoms with Gasteiger partial charge in [0.05, 0.1) is 18.9 Å². The lowest BCUT2D eigenvalue weighted by Gasteiger charge is -2.21. The molecule has 0 amide bonds. The Morgan fingerprint density at radius 3 is 2.85 bits per heavy atom. The number of nitrogens with two attached hydrogens (primary N) is 1. The summed E-state index contributed by atoms with van der Waals surface area (Å²) in [4.78, 5) is 12.1. The first kappa shape index (κ1) is 14.7. The van der Waals surface area contributed by atoms with Crippen LogP contribution in [0, 0.1) is 5.92 Å². The lowest BCUT2D eigenvalue weighted by molar-refractivity contribution is 0.0183. The number of para-hydroxylation sites is 1. The molecule has 0 spiro atoms. The number of ether oxygens (including phenoxy) is 3. The molecule has 1 heterocycles. The van der Waals surface area contributed by atoms with Crippen molar-refractivity contribution in [2.75, 3.05) is 32.2 Å². The van der Waals surface area contributed by atoms with E-state index in [4.69, 9.17) is 19.9 Å². The summed E-state index contributed by atoms with van der Waals surface area (Å²) >= 11 is 0. The summed E-state index contributed by atoms with van der Waals surface area (Å²) < 4.78 is 16.1. The fourth-order valence-electron chi connectivity index (χ4n) is 2.21. The molecule has 1 aromatic rings. The number of nitrogen functional groups attached to an aromatic ring is 1. The van der Waals surface area contributed by atoms with Crippen molar-refractivity contribution in [3.63, 3.8) is 0 Å². The normalized spacial score (nSPS) is 15.8. The molecule has 0 atom stereocenters. The van der Waals surface area contributed by atoms with E-state index in [1.54, 1.807) is 18.2 Å². The Morgan fingerprint density at radius 2 is 2.15 bits per heavy atom. The molecule has 0 radical (unpaired) electrons. The maximum absolute atomic E-state index is 12.1. The van der Waals surface area contributed by atoms with Crippen LogP contribution in [0.15, 0.2) is 18.2 Å². The smallest absolute Gasteiger partial charge is 0.342 e. The summed E-state index contributed by atoms with van der Waals surface area (Å²) in [6.07, 6.45) is 1.87. The maximum atomic E-state index is 12.1. The summed E-state index contributed by atoms with van der Waals surface area (Å²) in [5, 5.41) is 0. The van der Waals surface area contributed by atoms with E-state index in [-0.39, 0.29) is 5.97 Å². The van der Waals surface area contributed by atoms with Gasteiger partial charge in [0.2, 0.25) is 0 Å². The molecule has 0 bridgehead atoms. The molecular weight excluding hydrogens is 258 g/mol. The number of carbonyl (C=O) groups is 1. The van der Waals surface area contributed by atoms with Crippen LogP contribution in [-0.4, -0.2) is 32.4 Å². The second kappa shape index (κ2) is 7.14. The van der Waals surface area contributed by atoms with E-state index in [2.05, 4.69) is 0 Å². The van der Waals surface area contributed by atoms with E-state index in [0.29, 0.717) is 36.1 Å². The molecule has 0 unspecified atom stereocenters. The number of carbonyl (C=O) groups excluding carboxylic acids is 1. The van der Waals surface area contributed by atoms with Crippen molar-refractivity contribution in [2.45, 2.75) is 19.8 Å². The molecule has 1 aliphatic rings. The third-order valence-electron chi connectivity index (χ3n) is 3.35. The quantitative estimate of drug-likeness (QED) is 0.661. The van der Waals surface area contributed by atoms with Gasteiger partial charge in [-0.2, -0.15) is 0 Å². The van der Waals surface area contributed by atoms with E-state index in [1.807, 2.05) is 6.92 Å². The topological polar surface area (TPSA) is 70.8 Å². The van der Waals surface area contributed by atoms with Gasteiger partial charge in [0.25, 0.3) is 0 Å². The zero-order chi connectivity index (χ0) is 14.4. The molecule has 0 saturated carbocycles. The Balaban J connectivity index is 1.99. The standard InChI is InChI=1S/C15H21NO4/c1-2-19-14-12(4-3-5-13(14)16)15(17)20-10-11-6-8-18-9-7-11/h3-5,11H,2,6-10,16H2,1H3. The average molecular weight is 279 g/mol. The van der Waals surface area contributed by atoms with E-state index in [0.717, 1.165) is 26.1 Å². The fourth-order valence-corrected chi connectivity index (χ4v) is 2.21. The minimum atomic E-state index is -0.382. The first-order chi connectivity index (χ1) is 9.72. The SMILES string of the molecule is CCOc1c(N)cccc1C(=O)OCC1CCOCC1. The van der Waals surface area contributed by atoms with Crippen LogP contribution in [0.3, 0.4) is 0 Å². The van der Waals surface area contributed by atoms with Crippen molar-refractivity contribution < 1.29 is 19.0 Å². The molecule has 2 rings (SSSR count). The van der Waals surface area contributed by atoms with Gasteiger partial charge >= 0.3 is 5.97 Å². The number of rotatable bonds is 5. The lowest BCUT2D eigenvalue weighted by Crippen LogP contribution is -2.22. The number of anilines is 1. The van der Waals surface area contributed by atoms with Crippen LogP contribution in [0.4, 0.5) is 5.69 Å². The summed E-state index contributed by atoms with van der Waals surface area (Å²) in [6, 6.07) is 5.11. The van der Waals surface area contributed by atoms with Gasteiger partial charge in [-0.1, -0.05) is 6.07 Å². The van der Waals surface area contributed by atoms with E-state index >= 15 is 0 Å². The number of hydrogen-bond acceptors (Lipinski definition) is 5. The minimum Gasteiger partial charge on any atom is -0.491 e. The second-order valence-electron chi connectivity index (χ2n) is 4.81. The van der Waals surface area contributed by atoms with E-state index < -0.39 is 0 Å². The average Bonchev–Trinajstić information content (AvgIpc) is 2.48. The van der Waals surface area contributed by atoms with Gasteiger partial charge < -0.3 is 19.9 Å². The van der Waals surface area contributed by atoms with Crippen molar-refractivity contribution in [3.05, 3.63) is 23.8 Å². The highest BCUT2D eigenvalue weighted by Gasteiger charge is 2.19. The van der Waals surface area contributed by atoms with Crippen LogP contribution in [-0.2, 0) is 9.47 Å². The van der Waals surface area contributed by atoms with Crippen molar-refractivity contribution in [1.82, 2.24) is 0 Å². The van der Waals surface area contributed by atoms with E-state index in [1.165, 1.54) is 0 Å². The zero-order valence-electron chi connectivity index (χ0n) is 11.8. The molecule has 5 heteroatoms. The van der Waals surface area contributed by atoms with Crippen LogP contribution in [0.25, 0.3) is 0 Å². The molecule has 20 heavy (non-hydrogen) atoms. The molecule has 2 N–H and O–H groups in total. The summed E-state index contributed by atoms with van der Waals surface area (Å²) in [5.74, 6) is 0.406. The maximum Gasteiger partial charge on any atom is 0.342 e. The lowest BCUT2D eigenvalue weighted by atomic mass is 10.0. The van der Waals surface area contributed by atoms with Crippen LogP contribution in [0.2, 0.25) is 0 Å². The predicted molar refractivity (Wildman–Crippen MR) is 75.8 cm³/mol. The Labute approximate surface area is 119 Å². The number of hydrogen-bond donors (Lipinski definition) is 1. The first-order valence-electron chi connectivity index (χ1n) is 6.98. The number of benzene rings is 1. The largest absolute Gasteiger partial charge is 0.491 e. The van der Waals surface area contributed by atoms with Crippen molar-refractivity contribution >= 4 is 11.7 Å². The Morgan fingerprint density at radius 1 is 1.40 bits per heavy atom. The summed E-state index contributed by atoms with van der Waals surface area (Å²) in [7, 11) is 0. The van der Waals surface area contributed by atoms with Gasteiger partial charge in [-0.05, 0) is 37.8 Å². The zero-order valence-corrected chi connectivity index (χ0v) is 11.8. The Hall–Kier alpha value is -1.75. The summed E-state index contributed by atoms with van der Waals surface area (Å²) in [5.41, 5.74) is 6.67. The Kier molecular flexibility index (Phi) is 5.24. The molecule has 0 aromatic heterocycles. The van der Waals surface area contributed by atoms with Gasteiger partial charge in [-0.15, -0.1) is 0 Å². The van der Waals surface area contributed by atoms with Crippen LogP contribution in [0.1, 0.15) is 30.1 Å². The Bertz CT molecular complexity index is 455. The van der Waals surface area contributed by atoms with Crippen molar-refractivity contribution in [2.24, 2.45) is 5.92 Å². The highest BCUT2D eigenvalue weighted by Crippen LogP contribution is 2.27. The highest BCUT2D eigenvalue weighted by atomic mass is 16.5. The molecular formula is C15H21NO4. The van der Waals surface area contributed by atoms with Gasteiger partial charge in [0.1, 0.15) is 5.56 Å². The fraction of sp³-hybridized carbons (Fsp3) is 0.533. The highest BCUT2D eigenvalue weighted by molar-refractivity contribution is 5.94. The first-order valence-corrected chi connectivity index (χ1v) is 6.98. The van der Waals surface area contributed by atoms with Crippen LogP contribution in [0.5, 0.6) is 5.75 Å². The molecule has 110 valence electrons. The monoisotopic (exact) mass is 279 g/mol. The molecule has 1 fully saturated rings. The molecule has 5 nitrogen and oxygen atoms in total. The van der Waals surface area contributed by atoms with E-state index in [9.17, 15) is 4.79 Å². The molecule has 1 aromatic carbocycles. The van der Waals surface area contributed by atoms with Crippen LogP contribution >= 0.6 is 0 Å². The third kappa shape index (κ3) is 3.63. The predicted octanol–water partition coefficient (Wildman–Crippen LogP) is 2.25. The van der Waals surface area contributed by atoms with Crippen LogP contribution < -0.4 is 10.5 Å². The molecule has 1 saturated heterocycles. The van der Waals surface area contributed by atoms with Gasteiger partial charge in [-0.25, -0.2) is 4.79 Å². The summed E-state index contributed by atoms with van der Waals surface area (Å²) in [6.45, 7) is 4.20. The van der Waals surface area contributed by atoms with Gasteiger partial charge in [0, 0.05) is 13.2 Å². The van der Waals surface area contributed by atoms with Crippen molar-refractivity contribution in [1.29, 1.82) is 0 Å². The minimum absolute atomic E-state index is 0.379. The molecule has 0 aliphatic carbocycles. The van der Waals surface area contributed by atoms with Crippen molar-refractivity contribution in [3.8, 4) is 5.75 Å². The molecule has 1 aliphatic heterocycles. The van der Waals surface area contributed by atoms with Gasteiger partial charge in [-0.3, -0.25) is 0 Å².